The third-order valence-corrected chi connectivity index (χ3v) is 1.68. The van der Waals surface area contributed by atoms with Crippen molar-refractivity contribution in [1.29, 1.82) is 0 Å². The average molecular weight is 186 g/mol. The molecule has 1 aromatic carbocycles. The summed E-state index contributed by atoms with van der Waals surface area (Å²) in [4.78, 5) is 0. The van der Waals surface area contributed by atoms with E-state index in [2.05, 4.69) is 0 Å². The summed E-state index contributed by atoms with van der Waals surface area (Å²) in [5.74, 6) is -1.28. The highest BCUT2D eigenvalue weighted by Crippen LogP contribution is 2.21. The second kappa shape index (κ2) is 4.21. The van der Waals surface area contributed by atoms with E-state index in [-0.39, 0.29) is 0 Å². The van der Waals surface area contributed by atoms with Crippen LogP contribution in [0.25, 0.3) is 0 Å². The Balaban J connectivity index is 2.88. The molecule has 1 nitrogen and oxygen atoms in total. The van der Waals surface area contributed by atoms with E-state index in [1.54, 1.807) is 6.92 Å². The lowest BCUT2D eigenvalue weighted by Crippen LogP contribution is -1.98. The molecule has 0 bridgehead atoms. The van der Waals surface area contributed by atoms with E-state index < -0.39 is 11.6 Å². The van der Waals surface area contributed by atoms with Crippen LogP contribution in [0.5, 0.6) is 5.75 Å². The van der Waals surface area contributed by atoms with Crippen molar-refractivity contribution < 1.29 is 13.5 Å². The maximum absolute atomic E-state index is 12.7. The Labute approximate surface area is 76.3 Å². The minimum atomic E-state index is -0.864. The van der Waals surface area contributed by atoms with Crippen LogP contribution in [-0.2, 0) is 0 Å². The highest BCUT2D eigenvalue weighted by molar-refractivity contribution is 5.33. The molecule has 0 fully saturated rings. The first-order valence-electron chi connectivity index (χ1n) is 4.23. The van der Waals surface area contributed by atoms with Crippen molar-refractivity contribution in [2.75, 3.05) is 6.61 Å². The fraction of sp³-hybridized carbons (Fsp3) is 0.400. The Hall–Kier alpha value is -1.12. The van der Waals surface area contributed by atoms with Gasteiger partial charge in [-0.15, -0.1) is 0 Å². The van der Waals surface area contributed by atoms with E-state index in [4.69, 9.17) is 4.74 Å². The Bertz CT molecular complexity index is 297. The molecule has 0 unspecified atom stereocenters. The van der Waals surface area contributed by atoms with Crippen LogP contribution in [0.2, 0.25) is 0 Å². The minimum absolute atomic E-state index is 0.417. The summed E-state index contributed by atoms with van der Waals surface area (Å²) >= 11 is 0. The van der Waals surface area contributed by atoms with Gasteiger partial charge in [-0.05, 0) is 25.0 Å². The lowest BCUT2D eigenvalue weighted by molar-refractivity contribution is 0.312. The van der Waals surface area contributed by atoms with Gasteiger partial charge in [-0.25, -0.2) is 8.78 Å². The molecule has 0 spiro atoms. The molecular formula is C10H12F2O. The Morgan fingerprint density at radius 3 is 2.46 bits per heavy atom. The Morgan fingerprint density at radius 1 is 1.23 bits per heavy atom. The summed E-state index contributed by atoms with van der Waals surface area (Å²) in [5.41, 5.74) is 0.618. The summed E-state index contributed by atoms with van der Waals surface area (Å²) in [6.07, 6.45) is 0.846. The van der Waals surface area contributed by atoms with E-state index >= 15 is 0 Å². The molecule has 13 heavy (non-hydrogen) atoms. The number of rotatable bonds is 3. The molecule has 0 N–H and O–H groups in total. The van der Waals surface area contributed by atoms with E-state index in [0.29, 0.717) is 17.9 Å². The molecule has 0 saturated heterocycles. The van der Waals surface area contributed by atoms with Gasteiger partial charge in [0.2, 0.25) is 0 Å². The fourth-order valence-corrected chi connectivity index (χ4v) is 0.996. The second-order valence-electron chi connectivity index (χ2n) is 2.88. The summed E-state index contributed by atoms with van der Waals surface area (Å²) in [5, 5.41) is 0. The standard InChI is InChI=1S/C10H12F2O/c1-3-4-13-10-6-9(12)8(11)5-7(10)2/h5-6H,3-4H2,1-2H3. The van der Waals surface area contributed by atoms with Crippen molar-refractivity contribution in [2.24, 2.45) is 0 Å². The molecule has 0 amide bonds. The van der Waals surface area contributed by atoms with E-state index in [1.807, 2.05) is 6.92 Å². The summed E-state index contributed by atoms with van der Waals surface area (Å²) in [7, 11) is 0. The van der Waals surface area contributed by atoms with Crippen LogP contribution in [0, 0.1) is 18.6 Å². The molecule has 0 aromatic heterocycles. The van der Waals surface area contributed by atoms with Gasteiger partial charge in [0, 0.05) is 6.07 Å². The molecule has 0 heterocycles. The topological polar surface area (TPSA) is 9.23 Å². The van der Waals surface area contributed by atoms with E-state index in [9.17, 15) is 8.78 Å². The number of hydrogen-bond acceptors (Lipinski definition) is 1. The molecule has 0 aliphatic heterocycles. The number of hydrogen-bond donors (Lipinski definition) is 0. The molecule has 0 aliphatic rings. The maximum atomic E-state index is 12.7. The smallest absolute Gasteiger partial charge is 0.162 e. The van der Waals surface area contributed by atoms with Crippen LogP contribution >= 0.6 is 0 Å². The zero-order chi connectivity index (χ0) is 9.84. The largest absolute Gasteiger partial charge is 0.493 e. The van der Waals surface area contributed by atoms with Crippen molar-refractivity contribution in [2.45, 2.75) is 20.3 Å². The van der Waals surface area contributed by atoms with Gasteiger partial charge in [0.25, 0.3) is 0 Å². The molecule has 3 heteroatoms. The highest BCUT2D eigenvalue weighted by atomic mass is 19.2. The van der Waals surface area contributed by atoms with Crippen LogP contribution in [0.1, 0.15) is 18.9 Å². The van der Waals surface area contributed by atoms with Crippen molar-refractivity contribution in [3.63, 3.8) is 0 Å². The molecular weight excluding hydrogens is 174 g/mol. The molecule has 0 aliphatic carbocycles. The summed E-state index contributed by atoms with van der Waals surface area (Å²) < 4.78 is 30.6. The average Bonchev–Trinajstić information content (AvgIpc) is 2.09. The third-order valence-electron chi connectivity index (χ3n) is 1.68. The van der Waals surface area contributed by atoms with E-state index in [1.165, 1.54) is 0 Å². The SMILES string of the molecule is CCCOc1cc(F)c(F)cc1C. The van der Waals surface area contributed by atoms with Crippen LogP contribution in [0.3, 0.4) is 0 Å². The molecule has 0 radical (unpaired) electrons. The molecule has 0 saturated carbocycles. The van der Waals surface area contributed by atoms with Gasteiger partial charge in [-0.1, -0.05) is 6.92 Å². The lowest BCUT2D eigenvalue weighted by Gasteiger charge is -2.07. The van der Waals surface area contributed by atoms with Gasteiger partial charge in [0.15, 0.2) is 11.6 Å². The zero-order valence-electron chi connectivity index (χ0n) is 7.73. The Kier molecular flexibility index (Phi) is 3.23. The molecule has 1 rings (SSSR count). The lowest BCUT2D eigenvalue weighted by atomic mass is 10.2. The van der Waals surface area contributed by atoms with Crippen LogP contribution in [-0.4, -0.2) is 6.61 Å². The van der Waals surface area contributed by atoms with Crippen molar-refractivity contribution in [3.8, 4) is 5.75 Å². The van der Waals surface area contributed by atoms with E-state index in [0.717, 1.165) is 18.6 Å². The minimum Gasteiger partial charge on any atom is -0.493 e. The summed E-state index contributed by atoms with van der Waals surface area (Å²) in [6.45, 7) is 4.16. The zero-order valence-corrected chi connectivity index (χ0v) is 7.73. The van der Waals surface area contributed by atoms with Crippen LogP contribution < -0.4 is 4.74 Å². The normalized spacial score (nSPS) is 10.2. The highest BCUT2D eigenvalue weighted by Gasteiger charge is 2.06. The quantitative estimate of drug-likeness (QED) is 0.704. The van der Waals surface area contributed by atoms with Crippen molar-refractivity contribution >= 4 is 0 Å². The van der Waals surface area contributed by atoms with Crippen LogP contribution in [0.4, 0.5) is 8.78 Å². The molecule has 1 aromatic rings. The third kappa shape index (κ3) is 2.41. The van der Waals surface area contributed by atoms with Gasteiger partial charge in [-0.2, -0.15) is 0 Å². The van der Waals surface area contributed by atoms with Crippen molar-refractivity contribution in [3.05, 3.63) is 29.3 Å². The van der Waals surface area contributed by atoms with Gasteiger partial charge in [-0.3, -0.25) is 0 Å². The predicted octanol–water partition coefficient (Wildman–Crippen LogP) is 3.06. The maximum Gasteiger partial charge on any atom is 0.162 e. The monoisotopic (exact) mass is 186 g/mol. The van der Waals surface area contributed by atoms with Gasteiger partial charge in [0.1, 0.15) is 5.75 Å². The number of aryl methyl sites for hydroxylation is 1. The fourth-order valence-electron chi connectivity index (χ4n) is 0.996. The summed E-state index contributed by atoms with van der Waals surface area (Å²) in [6, 6.07) is 2.22. The molecule has 72 valence electrons. The first kappa shape index (κ1) is 9.96. The second-order valence-corrected chi connectivity index (χ2v) is 2.88. The van der Waals surface area contributed by atoms with Crippen LogP contribution in [0.15, 0.2) is 12.1 Å². The molecule has 0 atom stereocenters. The van der Waals surface area contributed by atoms with Gasteiger partial charge in [0.05, 0.1) is 6.61 Å². The Morgan fingerprint density at radius 2 is 1.85 bits per heavy atom. The van der Waals surface area contributed by atoms with Crippen molar-refractivity contribution in [1.82, 2.24) is 0 Å². The van der Waals surface area contributed by atoms with Gasteiger partial charge < -0.3 is 4.74 Å². The number of halogens is 2. The first-order chi connectivity index (χ1) is 6.15. The number of ether oxygens (including phenoxy) is 1. The number of benzene rings is 1. The predicted molar refractivity (Wildman–Crippen MR) is 46.9 cm³/mol. The van der Waals surface area contributed by atoms with Gasteiger partial charge >= 0.3 is 0 Å². The first-order valence-corrected chi connectivity index (χ1v) is 4.23.